The van der Waals surface area contributed by atoms with Crippen LogP contribution in [0.2, 0.25) is 0 Å². The fourth-order valence-corrected chi connectivity index (χ4v) is 1.97. The molecule has 5 heteroatoms. The molecule has 0 atom stereocenters. The summed E-state index contributed by atoms with van der Waals surface area (Å²) < 4.78 is 6.15. The maximum absolute atomic E-state index is 11.9. The highest BCUT2D eigenvalue weighted by atomic mass is 127. The molecule has 0 aliphatic rings. The van der Waals surface area contributed by atoms with Crippen LogP contribution in [0, 0.1) is 3.57 Å². The zero-order valence-corrected chi connectivity index (χ0v) is 13.0. The Morgan fingerprint density at radius 1 is 1.33 bits per heavy atom. The lowest BCUT2D eigenvalue weighted by molar-refractivity contribution is 0.0589. The first-order valence-corrected chi connectivity index (χ1v) is 6.53. The standard InChI is InChI=1S/C13H16INO3/c1-13(2,3)18-12(17)15(4)11-6-9(8-16)5-10(14)7-11/h5-8H,1-4H3. The number of benzene rings is 1. The number of hydrogen-bond acceptors (Lipinski definition) is 3. The molecule has 98 valence electrons. The third-order valence-corrected chi connectivity index (χ3v) is 2.72. The zero-order valence-electron chi connectivity index (χ0n) is 10.9. The molecule has 0 heterocycles. The molecule has 4 nitrogen and oxygen atoms in total. The Labute approximate surface area is 120 Å². The Morgan fingerprint density at radius 2 is 1.94 bits per heavy atom. The van der Waals surface area contributed by atoms with Crippen LogP contribution < -0.4 is 4.90 Å². The van der Waals surface area contributed by atoms with Gasteiger partial charge in [-0.15, -0.1) is 0 Å². The summed E-state index contributed by atoms with van der Waals surface area (Å²) in [6.45, 7) is 5.43. The van der Waals surface area contributed by atoms with Crippen LogP contribution in [0.5, 0.6) is 0 Å². The fraction of sp³-hybridized carbons (Fsp3) is 0.385. The van der Waals surface area contributed by atoms with Crippen molar-refractivity contribution in [1.29, 1.82) is 0 Å². The Kier molecular flexibility index (Phi) is 4.72. The first-order valence-electron chi connectivity index (χ1n) is 5.45. The number of anilines is 1. The number of aldehydes is 1. The van der Waals surface area contributed by atoms with Gasteiger partial charge in [-0.25, -0.2) is 4.79 Å². The van der Waals surface area contributed by atoms with Crippen molar-refractivity contribution in [2.75, 3.05) is 11.9 Å². The summed E-state index contributed by atoms with van der Waals surface area (Å²) in [5.74, 6) is 0. The van der Waals surface area contributed by atoms with Gasteiger partial charge in [0.05, 0.1) is 0 Å². The van der Waals surface area contributed by atoms with Crippen LogP contribution in [-0.2, 0) is 4.74 Å². The van der Waals surface area contributed by atoms with E-state index in [4.69, 9.17) is 4.74 Å². The molecule has 0 unspecified atom stereocenters. The molecule has 1 aromatic carbocycles. The lowest BCUT2D eigenvalue weighted by atomic mass is 10.2. The first kappa shape index (κ1) is 14.9. The van der Waals surface area contributed by atoms with Crippen molar-refractivity contribution in [2.24, 2.45) is 0 Å². The highest BCUT2D eigenvalue weighted by Crippen LogP contribution is 2.21. The monoisotopic (exact) mass is 361 g/mol. The predicted octanol–water partition coefficient (Wildman–Crippen LogP) is 3.48. The number of rotatable bonds is 2. The molecule has 0 aliphatic carbocycles. The molecule has 0 bridgehead atoms. The number of carbonyl (C=O) groups is 2. The maximum Gasteiger partial charge on any atom is 0.414 e. The van der Waals surface area contributed by atoms with Gasteiger partial charge in [0.1, 0.15) is 11.9 Å². The van der Waals surface area contributed by atoms with Crippen LogP contribution >= 0.6 is 22.6 Å². The van der Waals surface area contributed by atoms with Crippen LogP contribution in [0.15, 0.2) is 18.2 Å². The van der Waals surface area contributed by atoms with E-state index in [1.54, 1.807) is 19.2 Å². The van der Waals surface area contributed by atoms with Crippen LogP contribution in [0.1, 0.15) is 31.1 Å². The van der Waals surface area contributed by atoms with Crippen molar-refractivity contribution in [3.63, 3.8) is 0 Å². The Morgan fingerprint density at radius 3 is 2.44 bits per heavy atom. The molecule has 1 amide bonds. The SMILES string of the molecule is CN(C(=O)OC(C)(C)C)c1cc(I)cc(C=O)c1. The first-order chi connectivity index (χ1) is 8.23. The summed E-state index contributed by atoms with van der Waals surface area (Å²) in [7, 11) is 1.62. The normalized spacial score (nSPS) is 10.9. The second-order valence-corrected chi connectivity index (χ2v) is 6.15. The molecule has 0 radical (unpaired) electrons. The van der Waals surface area contributed by atoms with Crippen molar-refractivity contribution in [3.8, 4) is 0 Å². The van der Waals surface area contributed by atoms with E-state index in [2.05, 4.69) is 22.6 Å². The van der Waals surface area contributed by atoms with Crippen molar-refractivity contribution in [3.05, 3.63) is 27.3 Å². The number of hydrogen-bond donors (Lipinski definition) is 0. The molecule has 0 saturated carbocycles. The highest BCUT2D eigenvalue weighted by molar-refractivity contribution is 14.1. The van der Waals surface area contributed by atoms with Crippen molar-refractivity contribution in [1.82, 2.24) is 0 Å². The van der Waals surface area contributed by atoms with E-state index < -0.39 is 11.7 Å². The lowest BCUT2D eigenvalue weighted by Crippen LogP contribution is -2.34. The predicted molar refractivity (Wildman–Crippen MR) is 79.2 cm³/mol. The van der Waals surface area contributed by atoms with Gasteiger partial charge in [0, 0.05) is 21.9 Å². The summed E-state index contributed by atoms with van der Waals surface area (Å²) in [5.41, 5.74) is 0.631. The van der Waals surface area contributed by atoms with E-state index in [1.807, 2.05) is 26.8 Å². The Hall–Kier alpha value is -1.11. The van der Waals surface area contributed by atoms with Crippen LogP contribution in [0.25, 0.3) is 0 Å². The van der Waals surface area contributed by atoms with E-state index >= 15 is 0 Å². The van der Waals surface area contributed by atoms with Gasteiger partial charge >= 0.3 is 6.09 Å². The average Bonchev–Trinajstić information content (AvgIpc) is 2.24. The summed E-state index contributed by atoms with van der Waals surface area (Å²) in [5, 5.41) is 0. The zero-order chi connectivity index (χ0) is 13.9. The topological polar surface area (TPSA) is 46.6 Å². The maximum atomic E-state index is 11.9. The van der Waals surface area contributed by atoms with Crippen LogP contribution in [-0.4, -0.2) is 25.0 Å². The number of amides is 1. The summed E-state index contributed by atoms with van der Waals surface area (Å²) in [4.78, 5) is 24.1. The minimum absolute atomic E-state index is 0.443. The third kappa shape index (κ3) is 4.29. The van der Waals surface area contributed by atoms with Gasteiger partial charge in [-0.1, -0.05) is 0 Å². The third-order valence-electron chi connectivity index (χ3n) is 2.10. The molecule has 18 heavy (non-hydrogen) atoms. The smallest absolute Gasteiger partial charge is 0.414 e. The van der Waals surface area contributed by atoms with Gasteiger partial charge in [0.15, 0.2) is 0 Å². The Bertz CT molecular complexity index is 466. The van der Waals surface area contributed by atoms with Gasteiger partial charge in [-0.2, -0.15) is 0 Å². The van der Waals surface area contributed by atoms with E-state index in [1.165, 1.54) is 4.90 Å². The van der Waals surface area contributed by atoms with E-state index in [9.17, 15) is 9.59 Å². The molecule has 1 aromatic rings. The molecule has 0 N–H and O–H groups in total. The molecule has 0 aromatic heterocycles. The summed E-state index contributed by atoms with van der Waals surface area (Å²) in [6, 6.07) is 5.22. The summed E-state index contributed by atoms with van der Waals surface area (Å²) >= 11 is 2.10. The fourth-order valence-electron chi connectivity index (χ4n) is 1.29. The molecule has 1 rings (SSSR count). The van der Waals surface area contributed by atoms with E-state index in [-0.39, 0.29) is 0 Å². The second kappa shape index (κ2) is 5.69. The quantitative estimate of drug-likeness (QED) is 0.599. The Balaban J connectivity index is 2.96. The second-order valence-electron chi connectivity index (χ2n) is 4.90. The van der Waals surface area contributed by atoms with Crippen molar-refractivity contribution >= 4 is 40.7 Å². The van der Waals surface area contributed by atoms with Gasteiger partial charge in [-0.05, 0) is 61.6 Å². The molecule has 0 spiro atoms. The minimum atomic E-state index is -0.541. The van der Waals surface area contributed by atoms with E-state index in [0.717, 1.165) is 9.86 Å². The van der Waals surface area contributed by atoms with Gasteiger partial charge in [0.25, 0.3) is 0 Å². The van der Waals surface area contributed by atoms with Crippen LogP contribution in [0.3, 0.4) is 0 Å². The molecule has 0 fully saturated rings. The van der Waals surface area contributed by atoms with Crippen molar-refractivity contribution in [2.45, 2.75) is 26.4 Å². The van der Waals surface area contributed by atoms with Crippen molar-refractivity contribution < 1.29 is 14.3 Å². The molecular formula is C13H16INO3. The minimum Gasteiger partial charge on any atom is -0.443 e. The average molecular weight is 361 g/mol. The van der Waals surface area contributed by atoms with Gasteiger partial charge in [-0.3, -0.25) is 9.69 Å². The number of ether oxygens (including phenoxy) is 1. The number of carbonyl (C=O) groups excluding carboxylic acids is 2. The molecule has 0 aliphatic heterocycles. The highest BCUT2D eigenvalue weighted by Gasteiger charge is 2.20. The number of nitrogens with zero attached hydrogens (tertiary/aromatic N) is 1. The molecule has 0 saturated heterocycles. The van der Waals surface area contributed by atoms with E-state index in [0.29, 0.717) is 11.3 Å². The summed E-state index contributed by atoms with van der Waals surface area (Å²) in [6.07, 6.45) is 0.315. The molecular weight excluding hydrogens is 345 g/mol. The van der Waals surface area contributed by atoms with Gasteiger partial charge < -0.3 is 4.74 Å². The number of halogens is 1. The lowest BCUT2D eigenvalue weighted by Gasteiger charge is -2.24. The largest absolute Gasteiger partial charge is 0.443 e. The van der Waals surface area contributed by atoms with Gasteiger partial charge in [0.2, 0.25) is 0 Å². The van der Waals surface area contributed by atoms with Crippen LogP contribution in [0.4, 0.5) is 10.5 Å².